The van der Waals surface area contributed by atoms with E-state index < -0.39 is 17.2 Å². The third-order valence-corrected chi connectivity index (χ3v) is 8.00. The number of rotatable bonds is 5. The fourth-order valence-corrected chi connectivity index (χ4v) is 6.03. The van der Waals surface area contributed by atoms with Crippen LogP contribution in [0.4, 0.5) is 8.78 Å². The number of fused-ring (bicyclic) bond motifs is 5. The maximum Gasteiger partial charge on any atom is 0.165 e. The standard InChI is InChI=1S/C31H26F2N4O2/c1-16-26-27(16)29-36-22-13-21(33)19(17-14-34-30(35-15-17)31(2,3)38)12-23(22)37(29)28(26)18-8-4-6-10-24(18)39-25-11-7-5-9-20(25)32/h4-16,26-28,38H,1-3H3/t16-,26+,27-,28+/m0/s1. The largest absolute Gasteiger partial charge is 0.454 e. The Morgan fingerprint density at radius 1 is 0.923 bits per heavy atom. The number of halogens is 2. The van der Waals surface area contributed by atoms with Crippen molar-refractivity contribution in [2.24, 2.45) is 11.8 Å². The maximum absolute atomic E-state index is 15.3. The summed E-state index contributed by atoms with van der Waals surface area (Å²) in [6.45, 7) is 5.41. The van der Waals surface area contributed by atoms with Crippen molar-refractivity contribution in [3.05, 3.63) is 102 Å². The molecule has 1 saturated carbocycles. The van der Waals surface area contributed by atoms with Gasteiger partial charge in [0.1, 0.15) is 23.0 Å². The Bertz CT molecular complexity index is 1740. The van der Waals surface area contributed by atoms with Crippen LogP contribution in [0.1, 0.15) is 49.9 Å². The Labute approximate surface area is 224 Å². The first-order valence-corrected chi connectivity index (χ1v) is 13.0. The molecule has 196 valence electrons. The number of hydrogen-bond donors (Lipinski definition) is 1. The molecule has 0 bridgehead atoms. The van der Waals surface area contributed by atoms with Gasteiger partial charge >= 0.3 is 0 Å². The third-order valence-electron chi connectivity index (χ3n) is 8.00. The van der Waals surface area contributed by atoms with E-state index in [1.807, 2.05) is 24.3 Å². The minimum atomic E-state index is -1.20. The number of imidazole rings is 1. The van der Waals surface area contributed by atoms with Gasteiger partial charge in [-0.05, 0) is 49.9 Å². The Balaban J connectivity index is 1.35. The van der Waals surface area contributed by atoms with Crippen LogP contribution in [0.15, 0.2) is 73.1 Å². The van der Waals surface area contributed by atoms with E-state index >= 15 is 4.39 Å². The summed E-state index contributed by atoms with van der Waals surface area (Å²) in [6.07, 6.45) is 3.06. The number of nitrogens with zero attached hydrogens (tertiary/aromatic N) is 4. The molecule has 0 radical (unpaired) electrons. The van der Waals surface area contributed by atoms with E-state index in [9.17, 15) is 9.50 Å². The van der Waals surface area contributed by atoms with Crippen LogP contribution in [0.25, 0.3) is 22.2 Å². The highest BCUT2D eigenvalue weighted by Crippen LogP contribution is 2.66. The summed E-state index contributed by atoms with van der Waals surface area (Å²) in [5, 5.41) is 10.2. The van der Waals surface area contributed by atoms with Gasteiger partial charge < -0.3 is 14.4 Å². The molecule has 6 nitrogen and oxygen atoms in total. The van der Waals surface area contributed by atoms with E-state index in [1.165, 1.54) is 24.5 Å². The summed E-state index contributed by atoms with van der Waals surface area (Å²) in [6, 6.07) is 17.2. The van der Waals surface area contributed by atoms with E-state index in [2.05, 4.69) is 21.5 Å². The summed E-state index contributed by atoms with van der Waals surface area (Å²) in [5.41, 5.74) is 1.98. The molecule has 7 rings (SSSR count). The van der Waals surface area contributed by atoms with E-state index in [4.69, 9.17) is 9.72 Å². The molecule has 0 saturated heterocycles. The molecule has 1 fully saturated rings. The van der Waals surface area contributed by atoms with Gasteiger partial charge in [0.25, 0.3) is 0 Å². The molecule has 4 atom stereocenters. The fraction of sp³-hybridized carbons (Fsp3) is 0.258. The van der Waals surface area contributed by atoms with Gasteiger partial charge in [0.15, 0.2) is 17.4 Å². The van der Waals surface area contributed by atoms with Crippen LogP contribution in [0.2, 0.25) is 0 Å². The average Bonchev–Trinajstić information content (AvgIpc) is 3.25. The molecule has 8 heteroatoms. The predicted molar refractivity (Wildman–Crippen MR) is 142 cm³/mol. The van der Waals surface area contributed by atoms with Crippen LogP contribution in [0, 0.1) is 23.5 Å². The zero-order chi connectivity index (χ0) is 27.1. The zero-order valence-electron chi connectivity index (χ0n) is 21.6. The van der Waals surface area contributed by atoms with Crippen molar-refractivity contribution in [2.45, 2.75) is 38.3 Å². The van der Waals surface area contributed by atoms with Crippen molar-refractivity contribution in [3.63, 3.8) is 0 Å². The fourth-order valence-electron chi connectivity index (χ4n) is 6.03. The molecule has 1 N–H and O–H groups in total. The van der Waals surface area contributed by atoms with E-state index in [0.29, 0.717) is 34.2 Å². The number of aliphatic hydroxyl groups is 1. The molecule has 3 heterocycles. The van der Waals surface area contributed by atoms with Crippen molar-refractivity contribution in [3.8, 4) is 22.6 Å². The lowest BCUT2D eigenvalue weighted by atomic mass is 9.99. The van der Waals surface area contributed by atoms with Gasteiger partial charge in [0.2, 0.25) is 0 Å². The number of ether oxygens (including phenoxy) is 1. The quantitative estimate of drug-likeness (QED) is 0.276. The van der Waals surface area contributed by atoms with E-state index in [0.717, 1.165) is 16.9 Å². The molecule has 0 unspecified atom stereocenters. The molecule has 39 heavy (non-hydrogen) atoms. The number of benzene rings is 3. The van der Waals surface area contributed by atoms with E-state index in [-0.39, 0.29) is 23.5 Å². The lowest BCUT2D eigenvalue weighted by Crippen LogP contribution is -2.19. The topological polar surface area (TPSA) is 73.1 Å². The molecule has 0 amide bonds. The van der Waals surface area contributed by atoms with Crippen LogP contribution in [-0.2, 0) is 5.60 Å². The summed E-state index contributed by atoms with van der Waals surface area (Å²) in [4.78, 5) is 13.4. The Kier molecular flexibility index (Phi) is 5.16. The molecule has 2 aromatic heterocycles. The minimum Gasteiger partial charge on any atom is -0.454 e. The normalized spacial score (nSPS) is 21.6. The third kappa shape index (κ3) is 3.73. The van der Waals surface area contributed by atoms with Gasteiger partial charge in [0.05, 0.1) is 17.1 Å². The summed E-state index contributed by atoms with van der Waals surface area (Å²) in [5.74, 6) is 2.07. The average molecular weight is 525 g/mol. The van der Waals surface area contributed by atoms with E-state index in [1.54, 1.807) is 38.1 Å². The molecule has 3 aromatic carbocycles. The first-order valence-electron chi connectivity index (χ1n) is 13.0. The molecule has 5 aromatic rings. The SMILES string of the molecule is C[C@@H]1[C@@H]2c3nc4cc(F)c(-c5cnc(C(C)(C)O)nc5)cc4n3[C@H](c3ccccc3Oc3ccccc3F)[C@H]12. The van der Waals surface area contributed by atoms with Gasteiger partial charge in [-0.15, -0.1) is 0 Å². The molecule has 1 aliphatic carbocycles. The van der Waals surface area contributed by atoms with Crippen molar-refractivity contribution in [1.29, 1.82) is 0 Å². The lowest BCUT2D eigenvalue weighted by Gasteiger charge is -2.22. The highest BCUT2D eigenvalue weighted by molar-refractivity contribution is 5.84. The number of para-hydroxylation sites is 2. The minimum absolute atomic E-state index is 0.0971. The molecule has 0 spiro atoms. The van der Waals surface area contributed by atoms with Crippen LogP contribution in [0.5, 0.6) is 11.5 Å². The van der Waals surface area contributed by atoms with Crippen molar-refractivity contribution >= 4 is 11.0 Å². The Morgan fingerprint density at radius 2 is 1.62 bits per heavy atom. The zero-order valence-corrected chi connectivity index (χ0v) is 21.6. The molecular weight excluding hydrogens is 498 g/mol. The van der Waals surface area contributed by atoms with Crippen LogP contribution >= 0.6 is 0 Å². The van der Waals surface area contributed by atoms with Crippen molar-refractivity contribution < 1.29 is 18.6 Å². The van der Waals surface area contributed by atoms with Crippen LogP contribution in [-0.4, -0.2) is 24.6 Å². The van der Waals surface area contributed by atoms with Gasteiger partial charge in [0, 0.05) is 41.1 Å². The van der Waals surface area contributed by atoms with Crippen LogP contribution < -0.4 is 4.74 Å². The summed E-state index contributed by atoms with van der Waals surface area (Å²) >= 11 is 0. The number of hydrogen-bond acceptors (Lipinski definition) is 5. The first-order chi connectivity index (χ1) is 18.7. The summed E-state index contributed by atoms with van der Waals surface area (Å²) in [7, 11) is 0. The second kappa shape index (κ2) is 8.41. The first kappa shape index (κ1) is 23.9. The van der Waals surface area contributed by atoms with Crippen LogP contribution in [0.3, 0.4) is 0 Å². The smallest absolute Gasteiger partial charge is 0.165 e. The van der Waals surface area contributed by atoms with Gasteiger partial charge in [-0.2, -0.15) is 0 Å². The summed E-state index contributed by atoms with van der Waals surface area (Å²) < 4.78 is 38.1. The molecule has 1 aliphatic heterocycles. The maximum atomic E-state index is 15.3. The highest BCUT2D eigenvalue weighted by atomic mass is 19.1. The Morgan fingerprint density at radius 3 is 2.33 bits per heavy atom. The van der Waals surface area contributed by atoms with Gasteiger partial charge in [-0.1, -0.05) is 37.3 Å². The Hall–Kier alpha value is -4.17. The predicted octanol–water partition coefficient (Wildman–Crippen LogP) is 6.74. The highest BCUT2D eigenvalue weighted by Gasteiger charge is 2.61. The van der Waals surface area contributed by atoms with Crippen molar-refractivity contribution in [1.82, 2.24) is 19.5 Å². The second-order valence-electron chi connectivity index (χ2n) is 11.0. The molecular formula is C31H26F2N4O2. The lowest BCUT2D eigenvalue weighted by molar-refractivity contribution is 0.0687. The number of aromatic nitrogens is 4. The van der Waals surface area contributed by atoms with Crippen molar-refractivity contribution in [2.75, 3.05) is 0 Å². The monoisotopic (exact) mass is 524 g/mol. The van der Waals surface area contributed by atoms with Gasteiger partial charge in [-0.25, -0.2) is 23.7 Å². The second-order valence-corrected chi connectivity index (χ2v) is 11.0. The molecule has 2 aliphatic rings. The van der Waals surface area contributed by atoms with Gasteiger partial charge in [-0.3, -0.25) is 0 Å².